The van der Waals surface area contributed by atoms with E-state index in [0.29, 0.717) is 11.4 Å². The van der Waals surface area contributed by atoms with E-state index in [0.717, 1.165) is 26.6 Å². The van der Waals surface area contributed by atoms with Crippen LogP contribution >= 0.6 is 15.9 Å². The molecule has 0 atom stereocenters. The van der Waals surface area contributed by atoms with Crippen molar-refractivity contribution in [1.82, 2.24) is 9.97 Å². The fraction of sp³-hybridized carbons (Fsp3) is 0.0588. The number of aryl methyl sites for hydroxylation is 1. The number of nitriles is 1. The fourth-order valence-corrected chi connectivity index (χ4v) is 2.39. The minimum atomic E-state index is 0.520. The van der Waals surface area contributed by atoms with Gasteiger partial charge in [-0.2, -0.15) is 5.26 Å². The molecule has 1 aromatic heterocycles. The number of hydrogen-bond donors (Lipinski definition) is 1. The largest absolute Gasteiger partial charge is 0.337 e. The maximum atomic E-state index is 9.39. The van der Waals surface area contributed by atoms with E-state index in [9.17, 15) is 5.26 Å². The Kier molecular flexibility index (Phi) is 3.59. The SMILES string of the molecule is Cc1ccc2nc(/C(C#N)=C\c3ccc(Br)cc3)[nH]c2c1. The van der Waals surface area contributed by atoms with Crippen molar-refractivity contribution in [3.63, 3.8) is 0 Å². The number of H-pyrrole nitrogens is 1. The molecule has 0 aliphatic carbocycles. The van der Waals surface area contributed by atoms with Crippen LogP contribution in [0.3, 0.4) is 0 Å². The molecule has 21 heavy (non-hydrogen) atoms. The lowest BCUT2D eigenvalue weighted by Gasteiger charge is -1.96. The van der Waals surface area contributed by atoms with Gasteiger partial charge in [-0.1, -0.05) is 34.1 Å². The first-order chi connectivity index (χ1) is 10.2. The van der Waals surface area contributed by atoms with Gasteiger partial charge < -0.3 is 4.98 Å². The normalized spacial score (nSPS) is 11.6. The van der Waals surface area contributed by atoms with Crippen molar-refractivity contribution in [2.45, 2.75) is 6.92 Å². The zero-order valence-corrected chi connectivity index (χ0v) is 13.0. The summed E-state index contributed by atoms with van der Waals surface area (Å²) >= 11 is 3.40. The number of rotatable bonds is 2. The van der Waals surface area contributed by atoms with Crippen molar-refractivity contribution in [2.75, 3.05) is 0 Å². The van der Waals surface area contributed by atoms with Crippen LogP contribution in [0.15, 0.2) is 46.9 Å². The average molecular weight is 338 g/mol. The molecule has 102 valence electrons. The lowest BCUT2D eigenvalue weighted by Crippen LogP contribution is -1.84. The van der Waals surface area contributed by atoms with Crippen LogP contribution in [0, 0.1) is 18.3 Å². The summed E-state index contributed by atoms with van der Waals surface area (Å²) in [6, 6.07) is 16.0. The molecule has 3 aromatic rings. The van der Waals surface area contributed by atoms with Gasteiger partial charge in [-0.25, -0.2) is 4.98 Å². The summed E-state index contributed by atoms with van der Waals surface area (Å²) in [7, 11) is 0. The molecule has 3 nitrogen and oxygen atoms in total. The number of fused-ring (bicyclic) bond motifs is 1. The fourth-order valence-electron chi connectivity index (χ4n) is 2.13. The molecule has 2 aromatic carbocycles. The number of allylic oxidation sites excluding steroid dienone is 1. The number of imidazole rings is 1. The van der Waals surface area contributed by atoms with Crippen LogP contribution in [0.4, 0.5) is 0 Å². The molecule has 0 radical (unpaired) electrons. The molecule has 0 unspecified atom stereocenters. The van der Waals surface area contributed by atoms with Crippen molar-refractivity contribution in [2.24, 2.45) is 0 Å². The molecule has 0 saturated heterocycles. The Balaban J connectivity index is 2.05. The number of aromatic nitrogens is 2. The highest BCUT2D eigenvalue weighted by atomic mass is 79.9. The minimum absolute atomic E-state index is 0.520. The van der Waals surface area contributed by atoms with Crippen molar-refractivity contribution in [1.29, 1.82) is 5.26 Å². The molecule has 1 N–H and O–H groups in total. The van der Waals surface area contributed by atoms with Gasteiger partial charge in [0.1, 0.15) is 11.9 Å². The van der Waals surface area contributed by atoms with Crippen LogP contribution in [-0.4, -0.2) is 9.97 Å². The highest BCUT2D eigenvalue weighted by molar-refractivity contribution is 9.10. The molecule has 0 bridgehead atoms. The maximum Gasteiger partial charge on any atom is 0.149 e. The number of aromatic amines is 1. The molecule has 0 aliphatic heterocycles. The second-order valence-corrected chi connectivity index (χ2v) is 5.74. The second-order valence-electron chi connectivity index (χ2n) is 4.83. The van der Waals surface area contributed by atoms with Crippen LogP contribution in [0.1, 0.15) is 17.0 Å². The lowest BCUT2D eigenvalue weighted by atomic mass is 10.1. The van der Waals surface area contributed by atoms with Crippen LogP contribution in [0.25, 0.3) is 22.7 Å². The van der Waals surface area contributed by atoms with E-state index in [-0.39, 0.29) is 0 Å². The van der Waals surface area contributed by atoms with Gasteiger partial charge in [0.15, 0.2) is 0 Å². The standard InChI is InChI=1S/C17H12BrN3/c1-11-2-7-15-16(8-11)21-17(20-15)13(10-19)9-12-3-5-14(18)6-4-12/h2-9H,1H3,(H,20,21)/b13-9-. The molecular formula is C17H12BrN3. The van der Waals surface area contributed by atoms with Gasteiger partial charge in [0, 0.05) is 4.47 Å². The molecule has 0 amide bonds. The summed E-state index contributed by atoms with van der Waals surface area (Å²) in [6.45, 7) is 2.03. The third kappa shape index (κ3) is 2.88. The van der Waals surface area contributed by atoms with Crippen LogP contribution in [-0.2, 0) is 0 Å². The molecule has 0 fully saturated rings. The lowest BCUT2D eigenvalue weighted by molar-refractivity contribution is 1.27. The summed E-state index contributed by atoms with van der Waals surface area (Å²) in [6.07, 6.45) is 1.83. The third-order valence-electron chi connectivity index (χ3n) is 3.19. The first kappa shape index (κ1) is 13.6. The Morgan fingerprint density at radius 3 is 2.71 bits per heavy atom. The first-order valence-electron chi connectivity index (χ1n) is 6.50. The summed E-state index contributed by atoms with van der Waals surface area (Å²) in [5.41, 5.74) is 4.46. The Morgan fingerprint density at radius 1 is 1.24 bits per heavy atom. The zero-order valence-electron chi connectivity index (χ0n) is 11.4. The van der Waals surface area contributed by atoms with Crippen molar-refractivity contribution in [3.8, 4) is 6.07 Å². The number of hydrogen-bond acceptors (Lipinski definition) is 2. The Morgan fingerprint density at radius 2 is 2.00 bits per heavy atom. The van der Waals surface area contributed by atoms with Crippen molar-refractivity contribution in [3.05, 3.63) is 63.9 Å². The monoisotopic (exact) mass is 337 g/mol. The van der Waals surface area contributed by atoms with E-state index in [1.165, 1.54) is 0 Å². The number of nitrogens with one attached hydrogen (secondary N) is 1. The predicted molar refractivity (Wildman–Crippen MR) is 88.5 cm³/mol. The smallest absolute Gasteiger partial charge is 0.149 e. The molecule has 3 rings (SSSR count). The highest BCUT2D eigenvalue weighted by Crippen LogP contribution is 2.20. The Bertz CT molecular complexity index is 867. The van der Waals surface area contributed by atoms with Crippen LogP contribution < -0.4 is 0 Å². The molecule has 0 saturated carbocycles. The molecular weight excluding hydrogens is 326 g/mol. The van der Waals surface area contributed by atoms with E-state index in [4.69, 9.17) is 0 Å². The van der Waals surface area contributed by atoms with Gasteiger partial charge in [0.25, 0.3) is 0 Å². The number of benzene rings is 2. The zero-order chi connectivity index (χ0) is 14.8. The predicted octanol–water partition coefficient (Wildman–Crippen LogP) is 4.70. The van der Waals surface area contributed by atoms with E-state index >= 15 is 0 Å². The van der Waals surface area contributed by atoms with Crippen molar-refractivity contribution < 1.29 is 0 Å². The van der Waals surface area contributed by atoms with Crippen molar-refractivity contribution >= 4 is 38.6 Å². The summed E-state index contributed by atoms with van der Waals surface area (Å²) in [4.78, 5) is 7.69. The summed E-state index contributed by atoms with van der Waals surface area (Å²) < 4.78 is 1.01. The van der Waals surface area contributed by atoms with E-state index < -0.39 is 0 Å². The molecule has 4 heteroatoms. The average Bonchev–Trinajstić information content (AvgIpc) is 2.89. The highest BCUT2D eigenvalue weighted by Gasteiger charge is 2.08. The van der Waals surface area contributed by atoms with E-state index in [2.05, 4.69) is 32.0 Å². The molecule has 0 aliphatic rings. The van der Waals surface area contributed by atoms with Crippen LogP contribution in [0.2, 0.25) is 0 Å². The number of halogens is 1. The van der Waals surface area contributed by atoms with Gasteiger partial charge in [-0.05, 0) is 48.4 Å². The van der Waals surface area contributed by atoms with Gasteiger partial charge in [0.2, 0.25) is 0 Å². The maximum absolute atomic E-state index is 9.39. The van der Waals surface area contributed by atoms with Gasteiger partial charge in [-0.3, -0.25) is 0 Å². The first-order valence-corrected chi connectivity index (χ1v) is 7.29. The van der Waals surface area contributed by atoms with Gasteiger partial charge >= 0.3 is 0 Å². The summed E-state index contributed by atoms with van der Waals surface area (Å²) in [5, 5.41) is 9.39. The quantitative estimate of drug-likeness (QED) is 0.689. The Hall–Kier alpha value is -2.38. The van der Waals surface area contributed by atoms with E-state index in [1.807, 2.05) is 55.5 Å². The minimum Gasteiger partial charge on any atom is -0.337 e. The number of nitrogens with zero attached hydrogens (tertiary/aromatic N) is 2. The van der Waals surface area contributed by atoms with Crippen LogP contribution in [0.5, 0.6) is 0 Å². The second kappa shape index (κ2) is 5.55. The summed E-state index contributed by atoms with van der Waals surface area (Å²) in [5.74, 6) is 0.598. The molecule has 1 heterocycles. The van der Waals surface area contributed by atoms with Gasteiger partial charge in [-0.15, -0.1) is 0 Å². The third-order valence-corrected chi connectivity index (χ3v) is 3.72. The van der Waals surface area contributed by atoms with E-state index in [1.54, 1.807) is 0 Å². The van der Waals surface area contributed by atoms with Gasteiger partial charge in [0.05, 0.1) is 16.6 Å². The topological polar surface area (TPSA) is 52.5 Å². The molecule has 0 spiro atoms. The Labute approximate surface area is 131 Å².